The van der Waals surface area contributed by atoms with Gasteiger partial charge in [-0.15, -0.1) is 0 Å². The van der Waals surface area contributed by atoms with E-state index >= 15 is 0 Å². The number of hydrogen-bond donors (Lipinski definition) is 0. The third kappa shape index (κ3) is 3.53. The molecule has 27 heavy (non-hydrogen) atoms. The smallest absolute Gasteiger partial charge is 0.335 e. The third-order valence-electron chi connectivity index (χ3n) is 4.26. The van der Waals surface area contributed by atoms with Gasteiger partial charge >= 0.3 is 5.97 Å². The zero-order valence-electron chi connectivity index (χ0n) is 15.6. The lowest BCUT2D eigenvalue weighted by Crippen LogP contribution is -2.25. The van der Waals surface area contributed by atoms with Gasteiger partial charge in [0.2, 0.25) is 11.6 Å². The molecule has 7 nitrogen and oxygen atoms in total. The Kier molecular flexibility index (Phi) is 5.49. The second-order valence-electron chi connectivity index (χ2n) is 5.77. The lowest BCUT2D eigenvalue weighted by Gasteiger charge is -2.17. The van der Waals surface area contributed by atoms with Gasteiger partial charge in [-0.1, -0.05) is 30.3 Å². The topological polar surface area (TPSA) is 75.6 Å². The van der Waals surface area contributed by atoms with Crippen LogP contribution in [0.2, 0.25) is 0 Å². The molecular formula is C20H21NO6. The Morgan fingerprint density at radius 3 is 2.11 bits per heavy atom. The Balaban J connectivity index is 2.03. The maximum Gasteiger partial charge on any atom is 0.335 e. The molecule has 0 saturated carbocycles. The van der Waals surface area contributed by atoms with Gasteiger partial charge in [0.25, 0.3) is 0 Å². The molecule has 0 spiro atoms. The van der Waals surface area contributed by atoms with Gasteiger partial charge in [-0.2, -0.15) is 0 Å². The molecule has 0 unspecified atom stereocenters. The summed E-state index contributed by atoms with van der Waals surface area (Å²) >= 11 is 0. The van der Waals surface area contributed by atoms with Gasteiger partial charge in [-0.25, -0.2) is 9.79 Å². The third-order valence-corrected chi connectivity index (χ3v) is 4.26. The van der Waals surface area contributed by atoms with Crippen molar-refractivity contribution in [3.8, 4) is 17.2 Å². The maximum atomic E-state index is 12.2. The van der Waals surface area contributed by atoms with Crippen LogP contribution in [0.5, 0.6) is 17.2 Å². The molecule has 142 valence electrons. The van der Waals surface area contributed by atoms with Crippen molar-refractivity contribution in [2.24, 2.45) is 4.99 Å². The van der Waals surface area contributed by atoms with E-state index in [0.717, 1.165) is 5.56 Å². The highest BCUT2D eigenvalue weighted by molar-refractivity contribution is 5.99. The van der Waals surface area contributed by atoms with Crippen LogP contribution in [0.1, 0.15) is 17.2 Å². The van der Waals surface area contributed by atoms with E-state index < -0.39 is 18.1 Å². The first-order chi connectivity index (χ1) is 13.1. The largest absolute Gasteiger partial charge is 0.493 e. The molecular weight excluding hydrogens is 350 g/mol. The van der Waals surface area contributed by atoms with Gasteiger partial charge < -0.3 is 23.7 Å². The fourth-order valence-corrected chi connectivity index (χ4v) is 2.95. The summed E-state index contributed by atoms with van der Waals surface area (Å²) in [5.74, 6) is 1.24. The van der Waals surface area contributed by atoms with Crippen LogP contribution in [0.4, 0.5) is 0 Å². The maximum absolute atomic E-state index is 12.2. The molecule has 0 aliphatic carbocycles. The normalized spacial score (nSPS) is 18.3. The molecule has 3 rings (SSSR count). The van der Waals surface area contributed by atoms with Crippen molar-refractivity contribution in [3.63, 3.8) is 0 Å². The van der Waals surface area contributed by atoms with E-state index in [0.29, 0.717) is 28.7 Å². The summed E-state index contributed by atoms with van der Waals surface area (Å²) in [5, 5.41) is 0. The predicted molar refractivity (Wildman–Crippen MR) is 98.7 cm³/mol. The van der Waals surface area contributed by atoms with Gasteiger partial charge in [0.1, 0.15) is 0 Å². The van der Waals surface area contributed by atoms with Gasteiger partial charge in [-0.05, 0) is 17.7 Å². The predicted octanol–water partition coefficient (Wildman–Crippen LogP) is 2.77. The van der Waals surface area contributed by atoms with Crippen LogP contribution in [0.3, 0.4) is 0 Å². The Morgan fingerprint density at radius 1 is 0.963 bits per heavy atom. The summed E-state index contributed by atoms with van der Waals surface area (Å²) in [7, 11) is 5.92. The van der Waals surface area contributed by atoms with E-state index in [1.54, 1.807) is 12.1 Å². The molecule has 0 N–H and O–H groups in total. The van der Waals surface area contributed by atoms with E-state index in [-0.39, 0.29) is 0 Å². The molecule has 0 bridgehead atoms. The molecule has 1 heterocycles. The van der Waals surface area contributed by atoms with E-state index in [2.05, 4.69) is 4.99 Å². The highest BCUT2D eigenvalue weighted by atomic mass is 16.5. The lowest BCUT2D eigenvalue weighted by atomic mass is 10.0. The summed E-state index contributed by atoms with van der Waals surface area (Å²) in [6, 6.07) is 12.1. The molecule has 2 aromatic carbocycles. The number of aliphatic imine (C=N–C) groups is 1. The average molecular weight is 371 g/mol. The first kappa shape index (κ1) is 18.6. The minimum atomic E-state index is -0.800. The van der Waals surface area contributed by atoms with E-state index in [1.807, 2.05) is 30.3 Å². The van der Waals surface area contributed by atoms with Crippen LogP contribution >= 0.6 is 0 Å². The molecule has 0 fully saturated rings. The van der Waals surface area contributed by atoms with Crippen LogP contribution in [0.25, 0.3) is 0 Å². The molecule has 2 atom stereocenters. The number of benzene rings is 2. The molecule has 1 aliphatic heterocycles. The fourth-order valence-electron chi connectivity index (χ4n) is 2.95. The molecule has 2 aromatic rings. The number of nitrogens with zero attached hydrogens (tertiary/aromatic N) is 1. The number of carbonyl (C=O) groups excluding carboxylic acids is 1. The number of rotatable bonds is 6. The molecule has 7 heteroatoms. The quantitative estimate of drug-likeness (QED) is 0.727. The van der Waals surface area contributed by atoms with Crippen molar-refractivity contribution < 1.29 is 28.5 Å². The summed E-state index contributed by atoms with van der Waals surface area (Å²) < 4.78 is 27.0. The number of hydrogen-bond acceptors (Lipinski definition) is 7. The standard InChI is InChI=1S/C20H21NO6/c1-23-14-10-13(11-15(24-2)18(14)25-3)19-21-16(20(22)26-4)17(27-19)12-8-6-5-7-9-12/h5-11,16-17H,1-4H3/t16-,17-/m0/s1. The number of methoxy groups -OCH3 is 4. The Bertz CT molecular complexity index is 824. The number of carbonyl (C=O) groups is 1. The Labute approximate surface area is 157 Å². The summed E-state index contributed by atoms with van der Waals surface area (Å²) in [4.78, 5) is 16.7. The first-order valence-corrected chi connectivity index (χ1v) is 8.30. The van der Waals surface area contributed by atoms with Crippen molar-refractivity contribution in [3.05, 3.63) is 53.6 Å². The monoisotopic (exact) mass is 371 g/mol. The average Bonchev–Trinajstić information content (AvgIpc) is 3.18. The zero-order valence-corrected chi connectivity index (χ0v) is 15.6. The zero-order chi connectivity index (χ0) is 19.4. The van der Waals surface area contributed by atoms with Gasteiger partial charge in [0.15, 0.2) is 23.6 Å². The highest BCUT2D eigenvalue weighted by Gasteiger charge is 2.39. The summed E-state index contributed by atoms with van der Waals surface area (Å²) in [5.41, 5.74) is 1.44. The molecule has 0 amide bonds. The first-order valence-electron chi connectivity index (χ1n) is 8.30. The lowest BCUT2D eigenvalue weighted by molar-refractivity contribution is -0.143. The second kappa shape index (κ2) is 7.99. The Morgan fingerprint density at radius 2 is 1.59 bits per heavy atom. The van der Waals surface area contributed by atoms with Crippen LogP contribution in [-0.4, -0.2) is 46.3 Å². The minimum absolute atomic E-state index is 0.304. The van der Waals surface area contributed by atoms with E-state index in [9.17, 15) is 4.79 Å². The van der Waals surface area contributed by atoms with Crippen LogP contribution in [0, 0.1) is 0 Å². The molecule has 0 radical (unpaired) electrons. The number of ether oxygens (including phenoxy) is 5. The number of esters is 1. The van der Waals surface area contributed by atoms with Crippen molar-refractivity contribution >= 4 is 11.9 Å². The van der Waals surface area contributed by atoms with Crippen molar-refractivity contribution in [2.75, 3.05) is 28.4 Å². The molecule has 1 aliphatic rings. The fraction of sp³-hybridized carbons (Fsp3) is 0.300. The van der Waals surface area contributed by atoms with Gasteiger partial charge in [-0.3, -0.25) is 0 Å². The van der Waals surface area contributed by atoms with Crippen molar-refractivity contribution in [2.45, 2.75) is 12.1 Å². The SMILES string of the molecule is COC(=O)[C@H]1N=C(c2cc(OC)c(OC)c(OC)c2)O[C@H]1c1ccccc1. The molecule has 0 aromatic heterocycles. The van der Waals surface area contributed by atoms with Crippen molar-refractivity contribution in [1.82, 2.24) is 0 Å². The van der Waals surface area contributed by atoms with Gasteiger partial charge in [0, 0.05) is 5.56 Å². The van der Waals surface area contributed by atoms with E-state index in [1.165, 1.54) is 28.4 Å². The Hall–Kier alpha value is -3.22. The highest BCUT2D eigenvalue weighted by Crippen LogP contribution is 2.40. The second-order valence-corrected chi connectivity index (χ2v) is 5.77. The van der Waals surface area contributed by atoms with Crippen molar-refractivity contribution in [1.29, 1.82) is 0 Å². The summed E-state index contributed by atoms with van der Waals surface area (Å²) in [6.07, 6.45) is -0.576. The van der Waals surface area contributed by atoms with Crippen LogP contribution in [-0.2, 0) is 14.3 Å². The van der Waals surface area contributed by atoms with Gasteiger partial charge in [0.05, 0.1) is 28.4 Å². The minimum Gasteiger partial charge on any atom is -0.493 e. The summed E-state index contributed by atoms with van der Waals surface area (Å²) in [6.45, 7) is 0. The van der Waals surface area contributed by atoms with E-state index in [4.69, 9.17) is 23.7 Å². The molecule has 0 saturated heterocycles. The van der Waals surface area contributed by atoms with Crippen LogP contribution < -0.4 is 14.2 Å². The van der Waals surface area contributed by atoms with Crippen LogP contribution in [0.15, 0.2) is 47.5 Å².